The summed E-state index contributed by atoms with van der Waals surface area (Å²) >= 11 is 6.22. The number of amides is 1. The summed E-state index contributed by atoms with van der Waals surface area (Å²) in [6, 6.07) is 3.62. The van der Waals surface area contributed by atoms with Crippen LogP contribution in [0.4, 0.5) is 5.82 Å². The summed E-state index contributed by atoms with van der Waals surface area (Å²) < 4.78 is 1.84. The monoisotopic (exact) mass is 453 g/mol. The lowest BCUT2D eigenvalue weighted by Crippen LogP contribution is -2.39. The van der Waals surface area contributed by atoms with Gasteiger partial charge in [-0.15, -0.1) is 5.10 Å². The van der Waals surface area contributed by atoms with Crippen molar-refractivity contribution < 1.29 is 4.79 Å². The summed E-state index contributed by atoms with van der Waals surface area (Å²) in [5.74, 6) is 1.61. The molecule has 9 heteroatoms. The molecule has 8 nitrogen and oxygen atoms in total. The van der Waals surface area contributed by atoms with Crippen LogP contribution in [0.3, 0.4) is 0 Å². The van der Waals surface area contributed by atoms with Crippen LogP contribution in [0.5, 0.6) is 0 Å². The van der Waals surface area contributed by atoms with Crippen molar-refractivity contribution in [1.29, 1.82) is 0 Å². The number of hydrogen-bond donors (Lipinski definition) is 0. The Hall–Kier alpha value is -2.74. The molecule has 0 bridgehead atoms. The fourth-order valence-corrected chi connectivity index (χ4v) is 5.06. The van der Waals surface area contributed by atoms with Crippen molar-refractivity contribution in [3.63, 3.8) is 0 Å². The van der Waals surface area contributed by atoms with Crippen LogP contribution in [0, 0.1) is 19.8 Å². The van der Waals surface area contributed by atoms with Crippen LogP contribution in [-0.4, -0.2) is 55.2 Å². The van der Waals surface area contributed by atoms with Crippen LogP contribution in [-0.2, 0) is 0 Å². The second-order valence-electron chi connectivity index (χ2n) is 9.16. The number of fused-ring (bicyclic) bond motifs is 1. The summed E-state index contributed by atoms with van der Waals surface area (Å²) in [5, 5.41) is 12.8. The Bertz CT molecular complexity index is 1180. The number of halogens is 1. The van der Waals surface area contributed by atoms with Gasteiger partial charge in [0.1, 0.15) is 5.82 Å². The first-order chi connectivity index (χ1) is 15.4. The SMILES string of the molecule is Cc1cc(C(=O)N2CCCC[C@H]2c2cc3nc(N4CC[C@H](C)C4)c(C)cn3n2)c(Cl)nn1. The predicted molar refractivity (Wildman–Crippen MR) is 123 cm³/mol. The van der Waals surface area contributed by atoms with Gasteiger partial charge in [-0.25, -0.2) is 9.50 Å². The molecule has 0 radical (unpaired) electrons. The molecular weight excluding hydrogens is 426 g/mol. The van der Waals surface area contributed by atoms with Crippen molar-refractivity contribution in [1.82, 2.24) is 29.7 Å². The largest absolute Gasteiger partial charge is 0.356 e. The number of aryl methyl sites for hydroxylation is 2. The molecule has 0 saturated carbocycles. The van der Waals surface area contributed by atoms with Gasteiger partial charge in [0, 0.05) is 37.5 Å². The van der Waals surface area contributed by atoms with Crippen molar-refractivity contribution in [3.8, 4) is 0 Å². The summed E-state index contributed by atoms with van der Waals surface area (Å²) in [4.78, 5) is 22.6. The lowest BCUT2D eigenvalue weighted by Gasteiger charge is -2.34. The van der Waals surface area contributed by atoms with Crippen LogP contribution in [0.1, 0.15) is 66.0 Å². The van der Waals surface area contributed by atoms with Gasteiger partial charge in [0.05, 0.1) is 23.0 Å². The minimum atomic E-state index is -0.120. The normalized spacial score (nSPS) is 21.5. The van der Waals surface area contributed by atoms with Crippen molar-refractivity contribution in [2.75, 3.05) is 24.5 Å². The van der Waals surface area contributed by atoms with Gasteiger partial charge < -0.3 is 9.80 Å². The molecule has 0 aliphatic carbocycles. The number of nitrogens with zero attached hydrogens (tertiary/aromatic N) is 7. The molecule has 3 aromatic rings. The third-order valence-electron chi connectivity index (χ3n) is 6.55. The number of rotatable bonds is 3. The van der Waals surface area contributed by atoms with Gasteiger partial charge in [0.15, 0.2) is 10.8 Å². The van der Waals surface area contributed by atoms with Crippen LogP contribution in [0.25, 0.3) is 5.65 Å². The highest BCUT2D eigenvalue weighted by molar-refractivity contribution is 6.32. The van der Waals surface area contributed by atoms with E-state index in [4.69, 9.17) is 21.7 Å². The van der Waals surface area contributed by atoms with Gasteiger partial charge in [-0.2, -0.15) is 10.2 Å². The number of piperidine rings is 1. The molecule has 0 spiro atoms. The highest BCUT2D eigenvalue weighted by Crippen LogP contribution is 2.33. The Labute approximate surface area is 192 Å². The molecule has 168 valence electrons. The molecule has 1 amide bonds. The summed E-state index contributed by atoms with van der Waals surface area (Å²) in [6.45, 7) is 8.92. The molecule has 0 unspecified atom stereocenters. The van der Waals surface area contributed by atoms with Crippen molar-refractivity contribution in [3.05, 3.63) is 46.0 Å². The molecule has 5 heterocycles. The van der Waals surface area contributed by atoms with Gasteiger partial charge in [-0.05, 0) is 51.5 Å². The topological polar surface area (TPSA) is 79.5 Å². The van der Waals surface area contributed by atoms with Gasteiger partial charge in [0.25, 0.3) is 5.91 Å². The molecule has 2 saturated heterocycles. The number of aromatic nitrogens is 5. The van der Waals surface area contributed by atoms with Gasteiger partial charge in [-0.1, -0.05) is 18.5 Å². The molecule has 0 aromatic carbocycles. The van der Waals surface area contributed by atoms with E-state index in [1.54, 1.807) is 6.07 Å². The third kappa shape index (κ3) is 3.81. The van der Waals surface area contributed by atoms with Crippen molar-refractivity contribution >= 4 is 29.0 Å². The van der Waals surface area contributed by atoms with Gasteiger partial charge in [-0.3, -0.25) is 4.79 Å². The molecule has 2 aliphatic rings. The molecule has 3 aromatic heterocycles. The Morgan fingerprint density at radius 2 is 1.97 bits per heavy atom. The van der Waals surface area contributed by atoms with Crippen molar-refractivity contribution in [2.45, 2.75) is 52.5 Å². The van der Waals surface area contributed by atoms with E-state index in [2.05, 4.69) is 28.9 Å². The zero-order chi connectivity index (χ0) is 22.4. The number of carbonyl (C=O) groups excluding carboxylic acids is 1. The zero-order valence-corrected chi connectivity index (χ0v) is 19.5. The maximum absolute atomic E-state index is 13.4. The molecule has 0 N–H and O–H groups in total. The summed E-state index contributed by atoms with van der Waals surface area (Å²) in [6.07, 6.45) is 6.11. The number of carbonyl (C=O) groups is 1. The second-order valence-corrected chi connectivity index (χ2v) is 9.52. The van der Waals surface area contributed by atoms with Crippen LogP contribution < -0.4 is 4.90 Å². The van der Waals surface area contributed by atoms with E-state index in [-0.39, 0.29) is 17.1 Å². The Morgan fingerprint density at radius 1 is 1.12 bits per heavy atom. The quantitative estimate of drug-likeness (QED) is 0.596. The number of likely N-dealkylation sites (tertiary alicyclic amines) is 1. The highest BCUT2D eigenvalue weighted by Gasteiger charge is 2.32. The second kappa shape index (κ2) is 8.31. The molecule has 2 fully saturated rings. The molecule has 5 rings (SSSR count). The fourth-order valence-electron chi connectivity index (χ4n) is 4.89. The van der Waals surface area contributed by atoms with Crippen molar-refractivity contribution in [2.24, 2.45) is 5.92 Å². The van der Waals surface area contributed by atoms with E-state index in [9.17, 15) is 4.79 Å². The van der Waals surface area contributed by atoms with E-state index in [1.807, 2.05) is 28.6 Å². The fraction of sp³-hybridized carbons (Fsp3) is 0.522. The van der Waals surface area contributed by atoms with Crippen LogP contribution in [0.15, 0.2) is 18.3 Å². The maximum Gasteiger partial charge on any atom is 0.257 e. The van der Waals surface area contributed by atoms with E-state index in [0.717, 1.165) is 55.1 Å². The van der Waals surface area contributed by atoms with Gasteiger partial charge >= 0.3 is 0 Å². The summed E-state index contributed by atoms with van der Waals surface area (Å²) in [5.41, 5.74) is 3.86. The molecule has 32 heavy (non-hydrogen) atoms. The number of hydrogen-bond acceptors (Lipinski definition) is 6. The smallest absolute Gasteiger partial charge is 0.257 e. The minimum absolute atomic E-state index is 0.113. The molecular formula is C23H28ClN7O. The molecule has 2 aliphatic heterocycles. The lowest BCUT2D eigenvalue weighted by molar-refractivity contribution is 0.0605. The number of anilines is 1. The average molecular weight is 454 g/mol. The first kappa shape index (κ1) is 21.1. The minimum Gasteiger partial charge on any atom is -0.356 e. The van der Waals surface area contributed by atoms with E-state index in [0.29, 0.717) is 23.7 Å². The van der Waals surface area contributed by atoms with E-state index >= 15 is 0 Å². The third-order valence-corrected chi connectivity index (χ3v) is 6.83. The first-order valence-corrected chi connectivity index (χ1v) is 11.7. The average Bonchev–Trinajstić information content (AvgIpc) is 3.40. The highest BCUT2D eigenvalue weighted by atomic mass is 35.5. The first-order valence-electron chi connectivity index (χ1n) is 11.3. The Kier molecular flexibility index (Phi) is 5.49. The van der Waals surface area contributed by atoms with Crippen LogP contribution in [0.2, 0.25) is 5.15 Å². The lowest BCUT2D eigenvalue weighted by atomic mass is 9.98. The van der Waals surface area contributed by atoms with E-state index in [1.165, 1.54) is 6.42 Å². The standard InChI is InChI=1S/C23H28ClN7O/c1-14-7-9-29(12-14)22-15(2)13-31-20(25-22)11-18(28-31)19-6-4-5-8-30(19)23(32)17-10-16(3)26-27-21(17)24/h10-11,13-14,19H,4-9,12H2,1-3H3/t14-,19-/m0/s1. The van der Waals surface area contributed by atoms with Gasteiger partial charge in [0.2, 0.25) is 0 Å². The molecule has 2 atom stereocenters. The zero-order valence-electron chi connectivity index (χ0n) is 18.8. The maximum atomic E-state index is 13.4. The van der Waals surface area contributed by atoms with E-state index < -0.39 is 0 Å². The Morgan fingerprint density at radius 3 is 2.75 bits per heavy atom. The van der Waals surface area contributed by atoms with Crippen LogP contribution >= 0.6 is 11.6 Å². The Balaban J connectivity index is 1.48. The predicted octanol–water partition coefficient (Wildman–Crippen LogP) is 4.00. The summed E-state index contributed by atoms with van der Waals surface area (Å²) in [7, 11) is 0.